The molecule has 0 nitrogen and oxygen atoms in total. The van der Waals surface area contributed by atoms with E-state index in [-0.39, 0.29) is 43.2 Å². The average Bonchev–Trinajstić information content (AvgIpc) is 3.44. The molecule has 0 radical (unpaired) electrons. The van der Waals surface area contributed by atoms with Gasteiger partial charge in [-0.2, -0.15) is 0 Å². The number of hydrogen-bond acceptors (Lipinski definition) is 0. The Morgan fingerprint density at radius 3 is 1.80 bits per heavy atom. The molecule has 0 aromatic heterocycles. The Morgan fingerprint density at radius 1 is 0.717 bits per heavy atom. The predicted octanol–water partition coefficient (Wildman–Crippen LogP) is 17.1. The SMILES string of the molecule is CC.CC.CC1CCC2(PP)C3CCC4(P(P)PP)C(CCC4C(C)(C)CP(P)P(P)P)C3C(P(PP)P(P)P)C(P(P)P)C2C1. The summed E-state index contributed by atoms with van der Waals surface area (Å²) in [6, 6.07) is 0. The van der Waals surface area contributed by atoms with E-state index in [2.05, 4.69) is 119 Å². The van der Waals surface area contributed by atoms with Gasteiger partial charge in [0, 0.05) is 5.16 Å². The summed E-state index contributed by atoms with van der Waals surface area (Å²) in [5.41, 5.74) is 2.28. The molecule has 27 unspecified atom stereocenters. The van der Waals surface area contributed by atoms with Crippen LogP contribution >= 0.6 is 166 Å². The second-order valence-electron chi connectivity index (χ2n) is 13.9. The zero-order valence-electron chi connectivity index (χ0n) is 29.3. The maximum Gasteiger partial charge on any atom is 0.00432 e. The van der Waals surface area contributed by atoms with Gasteiger partial charge in [-0.25, -0.2) is 0 Å². The summed E-state index contributed by atoms with van der Waals surface area (Å²) < 4.78 is 0. The third-order valence-corrected chi connectivity index (χ3v) is 69.8. The summed E-state index contributed by atoms with van der Waals surface area (Å²) in [5.74, 6) is 5.57. The molecule has 0 aromatic carbocycles. The molecule has 46 heavy (non-hydrogen) atoms. The number of rotatable bonds is 11. The molecule has 4 saturated carbocycles. The Kier molecular flexibility index (Phi) is 25.8. The lowest BCUT2D eigenvalue weighted by atomic mass is 9.50. The van der Waals surface area contributed by atoms with E-state index < -0.39 is 0 Å². The van der Waals surface area contributed by atoms with Crippen molar-refractivity contribution < 1.29 is 0 Å². The molecule has 4 fully saturated rings. The number of fused-ring (bicyclic) bond motifs is 5. The molecule has 20 heteroatoms. The maximum atomic E-state index is 3.58. The molecular formula is C26H70P20. The Bertz CT molecular complexity index is 909. The zero-order chi connectivity index (χ0) is 35.4. The first-order valence-electron chi connectivity index (χ1n) is 16.8. The van der Waals surface area contributed by atoms with Crippen LogP contribution in [0.1, 0.15) is 93.4 Å². The molecule has 0 amide bonds. The Labute approximate surface area is 325 Å². The molecule has 4 rings (SSSR count). The van der Waals surface area contributed by atoms with Gasteiger partial charge >= 0.3 is 0 Å². The minimum Gasteiger partial charge on any atom is -0.114 e. The van der Waals surface area contributed by atoms with Gasteiger partial charge in [-0.3, -0.25) is 0 Å². The topological polar surface area (TPSA) is 0 Å². The summed E-state index contributed by atoms with van der Waals surface area (Å²) in [6.07, 6.45) is 12.0. The van der Waals surface area contributed by atoms with Crippen LogP contribution in [-0.2, 0) is 0 Å². The van der Waals surface area contributed by atoms with Crippen molar-refractivity contribution in [3.63, 3.8) is 0 Å². The van der Waals surface area contributed by atoms with Crippen LogP contribution in [0.4, 0.5) is 0 Å². The monoisotopic (exact) mass is 1000 g/mol. The maximum absolute atomic E-state index is 3.58. The van der Waals surface area contributed by atoms with Gasteiger partial charge in [0.2, 0.25) is 0 Å². The van der Waals surface area contributed by atoms with E-state index >= 15 is 0 Å². The van der Waals surface area contributed by atoms with Gasteiger partial charge in [0.15, 0.2) is 0 Å². The number of hydrogen-bond donors (Lipinski definition) is 0. The molecule has 4 aliphatic carbocycles. The first-order chi connectivity index (χ1) is 21.6. The van der Waals surface area contributed by atoms with E-state index in [4.69, 9.17) is 0 Å². The molecule has 0 aromatic rings. The van der Waals surface area contributed by atoms with Crippen molar-refractivity contribution in [2.75, 3.05) is 6.16 Å². The first-order valence-corrected chi connectivity index (χ1v) is 49.6. The van der Waals surface area contributed by atoms with Crippen LogP contribution in [0.2, 0.25) is 0 Å². The van der Waals surface area contributed by atoms with E-state index in [1.54, 1.807) is 0 Å². The Morgan fingerprint density at radius 2 is 1.33 bits per heavy atom. The highest BCUT2D eigenvalue weighted by Crippen LogP contribution is 2.96. The van der Waals surface area contributed by atoms with Gasteiger partial charge < -0.3 is 0 Å². The molecule has 0 spiro atoms. The van der Waals surface area contributed by atoms with Gasteiger partial charge in [0.05, 0.1) is 0 Å². The minimum absolute atomic E-state index is 0.00234. The van der Waals surface area contributed by atoms with Crippen molar-refractivity contribution in [3.8, 4) is 0 Å². The average molecular weight is 1000 g/mol. The summed E-state index contributed by atoms with van der Waals surface area (Å²) in [4.78, 5) is 0. The summed E-state index contributed by atoms with van der Waals surface area (Å²) in [6.45, 7) is 15.9. The van der Waals surface area contributed by atoms with Crippen molar-refractivity contribution in [2.24, 2.45) is 40.9 Å². The minimum atomic E-state index is -0.133. The molecule has 0 saturated heterocycles. The third-order valence-electron chi connectivity index (χ3n) is 11.7. The van der Waals surface area contributed by atoms with E-state index in [9.17, 15) is 0 Å². The lowest BCUT2D eigenvalue weighted by Crippen LogP contribution is -2.65. The fourth-order valence-electron chi connectivity index (χ4n) is 10.3. The normalized spacial score (nSPS) is 40.1. The predicted molar refractivity (Wildman–Crippen MR) is 287 cm³/mol. The van der Waals surface area contributed by atoms with E-state index in [1.165, 1.54) is 51.1 Å². The van der Waals surface area contributed by atoms with Crippen LogP contribution in [-0.4, -0.2) is 27.8 Å². The van der Waals surface area contributed by atoms with Crippen molar-refractivity contribution in [2.45, 2.75) is 115 Å². The summed E-state index contributed by atoms with van der Waals surface area (Å²) >= 11 is 0. The smallest absolute Gasteiger partial charge is 0.00432 e. The fourth-order valence-corrected chi connectivity index (χ4v) is 58.6. The van der Waals surface area contributed by atoms with Gasteiger partial charge in [0.25, 0.3) is 0 Å². The van der Waals surface area contributed by atoms with Crippen molar-refractivity contribution >= 4 is 166 Å². The van der Waals surface area contributed by atoms with Crippen LogP contribution < -0.4 is 0 Å². The highest BCUT2D eigenvalue weighted by molar-refractivity contribution is 8.87. The molecule has 0 bridgehead atoms. The van der Waals surface area contributed by atoms with Crippen LogP contribution in [0.3, 0.4) is 0 Å². The zero-order valence-corrected chi connectivity index (χ0v) is 50.4. The third kappa shape index (κ3) is 10.9. The van der Waals surface area contributed by atoms with E-state index in [1.807, 2.05) is 27.7 Å². The highest BCUT2D eigenvalue weighted by Gasteiger charge is 2.70. The van der Waals surface area contributed by atoms with Gasteiger partial charge in [-0.1, -0.05) is 94.5 Å². The molecular weight excluding hydrogens is 932 g/mol. The van der Waals surface area contributed by atoms with Crippen molar-refractivity contribution in [1.29, 1.82) is 0 Å². The summed E-state index contributed by atoms with van der Waals surface area (Å²) in [5, 5.41) is 1.14. The standard InChI is InChI=1S/C22H58P20.2C2H6/c1-12-6-8-21(34-23)13-7-9-22(40(29)36-25)14(4-5-16(22)20(2,3)11-37(26)41(30)31)17(13)19(39(35-24)42(32)33)18(38(27)28)15(21)10-12;2*1-2/h12-19,34-36H,4-11,23-33H2,1-3H3;2*1-2H3. The largest absolute Gasteiger partial charge is 0.114 e. The molecule has 0 heterocycles. The quantitative estimate of drug-likeness (QED) is 0.181. The van der Waals surface area contributed by atoms with Crippen LogP contribution in [0.5, 0.6) is 0 Å². The van der Waals surface area contributed by atoms with Crippen molar-refractivity contribution in [1.82, 2.24) is 0 Å². The molecule has 0 N–H and O–H groups in total. The Balaban J connectivity index is 0.00000177. The second kappa shape index (κ2) is 23.4. The Hall–Kier alpha value is 8.60. The van der Waals surface area contributed by atoms with Gasteiger partial charge in [-0.05, 0) is 130 Å². The van der Waals surface area contributed by atoms with E-state index in [0.717, 1.165) is 71.0 Å². The van der Waals surface area contributed by atoms with Crippen LogP contribution in [0.25, 0.3) is 0 Å². The van der Waals surface area contributed by atoms with Gasteiger partial charge in [-0.15, -0.1) is 98.2 Å². The second-order valence-corrected chi connectivity index (χ2v) is 66.5. The summed E-state index contributed by atoms with van der Waals surface area (Å²) in [7, 11) is 39.8. The lowest BCUT2D eigenvalue weighted by Gasteiger charge is -2.69. The molecule has 0 aliphatic heterocycles. The van der Waals surface area contributed by atoms with Crippen molar-refractivity contribution in [3.05, 3.63) is 0 Å². The molecule has 4 aliphatic rings. The lowest BCUT2D eigenvalue weighted by molar-refractivity contribution is -0.00448. The van der Waals surface area contributed by atoms with E-state index in [0.29, 0.717) is 15.7 Å². The van der Waals surface area contributed by atoms with Crippen LogP contribution in [0, 0.1) is 40.9 Å². The van der Waals surface area contributed by atoms with Crippen LogP contribution in [0.15, 0.2) is 0 Å². The highest BCUT2D eigenvalue weighted by atomic mass is 32.9. The molecule has 27 atom stereocenters. The van der Waals surface area contributed by atoms with Gasteiger partial charge in [0.1, 0.15) is 0 Å². The first kappa shape index (κ1) is 50.7. The molecule has 274 valence electrons. The fraction of sp³-hybridized carbons (Fsp3) is 1.00.